The first-order valence-corrected chi connectivity index (χ1v) is 8.63. The molecule has 0 radical (unpaired) electrons. The van der Waals surface area contributed by atoms with Crippen molar-refractivity contribution in [3.05, 3.63) is 54.0 Å². The van der Waals surface area contributed by atoms with Crippen LogP contribution in [0.3, 0.4) is 0 Å². The van der Waals surface area contributed by atoms with Gasteiger partial charge in [-0.25, -0.2) is 4.98 Å². The third-order valence-corrected chi connectivity index (χ3v) is 5.20. The topological polar surface area (TPSA) is 41.1 Å². The molecule has 0 amide bonds. The minimum Gasteiger partial charge on any atom is -0.366 e. The van der Waals surface area contributed by atoms with E-state index in [1.54, 1.807) is 6.20 Å². The lowest BCUT2D eigenvalue weighted by Gasteiger charge is -2.39. The number of nitrogens with zero attached hydrogens (tertiary/aromatic N) is 3. The molecule has 4 nitrogen and oxygen atoms in total. The fraction of sp³-hybridized carbons (Fsp3) is 0.474. The zero-order valence-corrected chi connectivity index (χ0v) is 13.7. The van der Waals surface area contributed by atoms with Crippen LogP contribution in [0.15, 0.2) is 42.7 Å². The summed E-state index contributed by atoms with van der Waals surface area (Å²) < 4.78 is 0. The largest absolute Gasteiger partial charge is 0.366 e. The third kappa shape index (κ3) is 3.22. The molecular formula is C19H24N4. The first kappa shape index (κ1) is 14.6. The molecule has 2 aliphatic rings. The Morgan fingerprint density at radius 1 is 1.09 bits per heavy atom. The van der Waals surface area contributed by atoms with E-state index in [1.165, 1.54) is 31.2 Å². The molecule has 0 saturated carbocycles. The molecular weight excluding hydrogens is 284 g/mol. The van der Waals surface area contributed by atoms with Crippen LogP contribution in [0.25, 0.3) is 0 Å². The highest BCUT2D eigenvalue weighted by molar-refractivity contribution is 5.33. The second kappa shape index (κ2) is 6.28. The molecule has 4 rings (SSSR count). The van der Waals surface area contributed by atoms with Crippen LogP contribution in [0.1, 0.15) is 36.9 Å². The predicted molar refractivity (Wildman–Crippen MR) is 92.2 cm³/mol. The SMILES string of the molecule is Cc1cncc(NC2CC3CCC(C2)N3Cc2ccccc2)n1. The van der Waals surface area contributed by atoms with Crippen LogP contribution in [-0.2, 0) is 6.54 Å². The van der Waals surface area contributed by atoms with E-state index in [2.05, 4.69) is 50.5 Å². The number of rotatable bonds is 4. The number of benzene rings is 1. The van der Waals surface area contributed by atoms with E-state index in [4.69, 9.17) is 0 Å². The molecule has 2 atom stereocenters. The zero-order chi connectivity index (χ0) is 15.6. The Bertz CT molecular complexity index is 643. The summed E-state index contributed by atoms with van der Waals surface area (Å²) in [6.45, 7) is 3.08. The van der Waals surface area contributed by atoms with Crippen molar-refractivity contribution in [1.82, 2.24) is 14.9 Å². The minimum atomic E-state index is 0.524. The Morgan fingerprint density at radius 3 is 2.52 bits per heavy atom. The smallest absolute Gasteiger partial charge is 0.145 e. The lowest BCUT2D eigenvalue weighted by molar-refractivity contribution is 0.124. The molecule has 23 heavy (non-hydrogen) atoms. The van der Waals surface area contributed by atoms with Crippen molar-refractivity contribution in [3.8, 4) is 0 Å². The van der Waals surface area contributed by atoms with Crippen LogP contribution in [0.5, 0.6) is 0 Å². The van der Waals surface area contributed by atoms with Crippen molar-refractivity contribution in [3.63, 3.8) is 0 Å². The average molecular weight is 308 g/mol. The highest BCUT2D eigenvalue weighted by Crippen LogP contribution is 2.37. The number of anilines is 1. The van der Waals surface area contributed by atoms with E-state index in [0.29, 0.717) is 18.1 Å². The minimum absolute atomic E-state index is 0.524. The summed E-state index contributed by atoms with van der Waals surface area (Å²) in [6, 6.07) is 12.8. The predicted octanol–water partition coefficient (Wildman–Crippen LogP) is 3.39. The molecule has 2 bridgehead atoms. The van der Waals surface area contributed by atoms with E-state index in [9.17, 15) is 0 Å². The number of aromatic nitrogens is 2. The van der Waals surface area contributed by atoms with E-state index in [-0.39, 0.29) is 0 Å². The van der Waals surface area contributed by atoms with Gasteiger partial charge in [-0.05, 0) is 38.2 Å². The molecule has 1 N–H and O–H groups in total. The van der Waals surface area contributed by atoms with Gasteiger partial charge in [-0.1, -0.05) is 30.3 Å². The van der Waals surface area contributed by atoms with Crippen molar-refractivity contribution < 1.29 is 0 Å². The maximum Gasteiger partial charge on any atom is 0.145 e. The van der Waals surface area contributed by atoms with Gasteiger partial charge >= 0.3 is 0 Å². The van der Waals surface area contributed by atoms with Crippen LogP contribution in [0.4, 0.5) is 5.82 Å². The molecule has 2 fully saturated rings. The highest BCUT2D eigenvalue weighted by atomic mass is 15.2. The van der Waals surface area contributed by atoms with Gasteiger partial charge in [0.15, 0.2) is 0 Å². The fourth-order valence-corrected chi connectivity index (χ4v) is 4.19. The van der Waals surface area contributed by atoms with Gasteiger partial charge in [0.1, 0.15) is 5.82 Å². The summed E-state index contributed by atoms with van der Waals surface area (Å²) in [4.78, 5) is 11.5. The van der Waals surface area contributed by atoms with Gasteiger partial charge < -0.3 is 5.32 Å². The summed E-state index contributed by atoms with van der Waals surface area (Å²) in [5.41, 5.74) is 2.40. The number of piperidine rings is 1. The first-order chi connectivity index (χ1) is 11.3. The lowest BCUT2D eigenvalue weighted by atomic mass is 9.96. The number of hydrogen-bond acceptors (Lipinski definition) is 4. The summed E-state index contributed by atoms with van der Waals surface area (Å²) in [5.74, 6) is 0.922. The quantitative estimate of drug-likeness (QED) is 0.940. The summed E-state index contributed by atoms with van der Waals surface area (Å²) in [7, 11) is 0. The van der Waals surface area contributed by atoms with Gasteiger partial charge in [0, 0.05) is 30.9 Å². The molecule has 2 aromatic rings. The van der Waals surface area contributed by atoms with E-state index in [0.717, 1.165) is 18.1 Å². The van der Waals surface area contributed by atoms with Crippen LogP contribution in [0, 0.1) is 6.92 Å². The van der Waals surface area contributed by atoms with Gasteiger partial charge in [0.05, 0.1) is 11.9 Å². The second-order valence-corrected chi connectivity index (χ2v) is 6.90. The van der Waals surface area contributed by atoms with Crippen LogP contribution < -0.4 is 5.32 Å². The second-order valence-electron chi connectivity index (χ2n) is 6.90. The zero-order valence-electron chi connectivity index (χ0n) is 13.7. The van der Waals surface area contributed by atoms with Crippen molar-refractivity contribution in [2.24, 2.45) is 0 Å². The van der Waals surface area contributed by atoms with Crippen molar-refractivity contribution in [2.75, 3.05) is 5.32 Å². The van der Waals surface area contributed by atoms with E-state index < -0.39 is 0 Å². The molecule has 2 saturated heterocycles. The van der Waals surface area contributed by atoms with Crippen LogP contribution >= 0.6 is 0 Å². The van der Waals surface area contributed by atoms with E-state index in [1.807, 2.05) is 13.1 Å². The molecule has 120 valence electrons. The average Bonchev–Trinajstić information content (AvgIpc) is 2.79. The summed E-state index contributed by atoms with van der Waals surface area (Å²) >= 11 is 0. The van der Waals surface area contributed by atoms with Crippen molar-refractivity contribution >= 4 is 5.82 Å². The van der Waals surface area contributed by atoms with Crippen molar-refractivity contribution in [1.29, 1.82) is 0 Å². The molecule has 1 aromatic carbocycles. The first-order valence-electron chi connectivity index (χ1n) is 8.63. The molecule has 1 aromatic heterocycles. The Hall–Kier alpha value is -1.94. The molecule has 3 heterocycles. The summed E-state index contributed by atoms with van der Waals surface area (Å²) in [6.07, 6.45) is 8.71. The standard InChI is InChI=1S/C19H24N4/c1-14-11-20-12-19(21-14)22-16-9-17-7-8-18(10-16)23(17)13-15-5-3-2-4-6-15/h2-6,11-12,16-18H,7-10,13H2,1H3,(H,21,22). The van der Waals surface area contributed by atoms with Gasteiger partial charge in [-0.2, -0.15) is 0 Å². The Morgan fingerprint density at radius 2 is 1.83 bits per heavy atom. The van der Waals surface area contributed by atoms with Gasteiger partial charge in [-0.15, -0.1) is 0 Å². The summed E-state index contributed by atoms with van der Waals surface area (Å²) in [5, 5.41) is 3.61. The van der Waals surface area contributed by atoms with Crippen LogP contribution in [0.2, 0.25) is 0 Å². The normalized spacial score (nSPS) is 27.1. The number of aryl methyl sites for hydroxylation is 1. The Labute approximate surface area is 138 Å². The third-order valence-electron chi connectivity index (χ3n) is 5.20. The van der Waals surface area contributed by atoms with Gasteiger partial charge in [0.25, 0.3) is 0 Å². The molecule has 4 heteroatoms. The Kier molecular flexibility index (Phi) is 4.00. The lowest BCUT2D eigenvalue weighted by Crippen LogP contribution is -2.46. The van der Waals surface area contributed by atoms with Gasteiger partial charge in [-0.3, -0.25) is 9.88 Å². The van der Waals surface area contributed by atoms with E-state index >= 15 is 0 Å². The number of nitrogens with one attached hydrogen (secondary N) is 1. The number of fused-ring (bicyclic) bond motifs is 2. The van der Waals surface area contributed by atoms with Gasteiger partial charge in [0.2, 0.25) is 0 Å². The fourth-order valence-electron chi connectivity index (χ4n) is 4.19. The van der Waals surface area contributed by atoms with Crippen molar-refractivity contribution in [2.45, 2.75) is 57.3 Å². The van der Waals surface area contributed by atoms with Crippen LogP contribution in [-0.4, -0.2) is 33.0 Å². The monoisotopic (exact) mass is 308 g/mol. The Balaban J connectivity index is 1.41. The number of hydrogen-bond donors (Lipinski definition) is 1. The maximum atomic E-state index is 4.54. The molecule has 2 unspecified atom stereocenters. The molecule has 0 aliphatic carbocycles. The maximum absolute atomic E-state index is 4.54. The highest BCUT2D eigenvalue weighted by Gasteiger charge is 2.40. The molecule has 2 aliphatic heterocycles. The molecule has 0 spiro atoms.